The Morgan fingerprint density at radius 1 is 1.19 bits per heavy atom. The molecule has 0 radical (unpaired) electrons. The summed E-state index contributed by atoms with van der Waals surface area (Å²) in [5.74, 6) is -0.166. The minimum absolute atomic E-state index is 0.166. The van der Waals surface area contributed by atoms with Gasteiger partial charge in [0.2, 0.25) is 0 Å². The van der Waals surface area contributed by atoms with Gasteiger partial charge in [-0.2, -0.15) is 0 Å². The van der Waals surface area contributed by atoms with Gasteiger partial charge in [-0.05, 0) is 33.6 Å². The topological polar surface area (TPSA) is 29.5 Å². The Bertz CT molecular complexity index is 571. The van der Waals surface area contributed by atoms with Crippen LogP contribution in [-0.2, 0) is 22.6 Å². The molecule has 2 rings (SSSR count). The summed E-state index contributed by atoms with van der Waals surface area (Å²) in [6, 6.07) is 14.5. The number of carbonyl (C=O) groups excluding carboxylic acids is 1. The number of nitrogens with zero attached hydrogens (tertiary/aromatic N) is 1. The second-order valence-corrected chi connectivity index (χ2v) is 7.28. The first-order valence-corrected chi connectivity index (χ1v) is 8.35. The maximum Gasteiger partial charge on any atom is 0.306 e. The van der Waals surface area contributed by atoms with E-state index in [2.05, 4.69) is 45.1 Å². The van der Waals surface area contributed by atoms with Gasteiger partial charge >= 0.3 is 5.97 Å². The zero-order chi connectivity index (χ0) is 15.1. The van der Waals surface area contributed by atoms with Gasteiger partial charge < -0.3 is 4.74 Å². The van der Waals surface area contributed by atoms with Crippen LogP contribution in [0.15, 0.2) is 46.3 Å². The molecule has 0 aliphatic carbocycles. The number of rotatable bonds is 7. The van der Waals surface area contributed by atoms with Crippen LogP contribution in [0.3, 0.4) is 0 Å². The molecule has 1 heterocycles. The lowest BCUT2D eigenvalue weighted by Gasteiger charge is -2.21. The van der Waals surface area contributed by atoms with E-state index in [0.29, 0.717) is 13.0 Å². The summed E-state index contributed by atoms with van der Waals surface area (Å²) in [5, 5.41) is 0. The quantitative estimate of drug-likeness (QED) is 0.690. The van der Waals surface area contributed by atoms with Crippen molar-refractivity contribution in [2.75, 3.05) is 13.7 Å². The van der Waals surface area contributed by atoms with Crippen LogP contribution in [-0.4, -0.2) is 24.5 Å². The second-order valence-electron chi connectivity index (χ2n) is 4.73. The van der Waals surface area contributed by atoms with Crippen molar-refractivity contribution in [1.29, 1.82) is 0 Å². The highest BCUT2D eigenvalue weighted by Gasteiger charge is 2.11. The normalized spacial score (nSPS) is 10.8. The number of ether oxygens (including phenoxy) is 1. The molecule has 0 aliphatic rings. The van der Waals surface area contributed by atoms with E-state index in [1.54, 1.807) is 11.3 Å². The second kappa shape index (κ2) is 8.32. The van der Waals surface area contributed by atoms with Crippen molar-refractivity contribution in [3.8, 4) is 0 Å². The van der Waals surface area contributed by atoms with E-state index in [4.69, 9.17) is 4.74 Å². The van der Waals surface area contributed by atoms with Crippen molar-refractivity contribution in [1.82, 2.24) is 4.90 Å². The molecule has 1 aromatic carbocycles. The zero-order valence-electron chi connectivity index (χ0n) is 11.9. The van der Waals surface area contributed by atoms with E-state index in [1.807, 2.05) is 18.2 Å². The molecule has 0 unspecified atom stereocenters. The molecule has 21 heavy (non-hydrogen) atoms. The fourth-order valence-electron chi connectivity index (χ4n) is 2.06. The smallest absolute Gasteiger partial charge is 0.306 e. The van der Waals surface area contributed by atoms with Gasteiger partial charge in [0, 0.05) is 24.5 Å². The number of methoxy groups -OCH3 is 1. The average molecular weight is 368 g/mol. The van der Waals surface area contributed by atoms with E-state index in [-0.39, 0.29) is 5.97 Å². The van der Waals surface area contributed by atoms with Crippen LogP contribution in [0.5, 0.6) is 0 Å². The summed E-state index contributed by atoms with van der Waals surface area (Å²) in [6.45, 7) is 2.35. The molecule has 1 aromatic heterocycles. The molecule has 0 saturated carbocycles. The van der Waals surface area contributed by atoms with Gasteiger partial charge in [-0.1, -0.05) is 30.3 Å². The number of hydrogen-bond acceptors (Lipinski definition) is 4. The molecule has 0 fully saturated rings. The minimum atomic E-state index is -0.166. The Morgan fingerprint density at radius 3 is 2.57 bits per heavy atom. The number of thiophene rings is 1. The van der Waals surface area contributed by atoms with Crippen molar-refractivity contribution in [2.24, 2.45) is 0 Å². The van der Waals surface area contributed by atoms with Gasteiger partial charge in [-0.25, -0.2) is 0 Å². The lowest BCUT2D eigenvalue weighted by Crippen LogP contribution is -2.25. The molecule has 0 saturated heterocycles. The van der Waals surface area contributed by atoms with Gasteiger partial charge in [0.15, 0.2) is 0 Å². The Balaban J connectivity index is 2.00. The van der Waals surface area contributed by atoms with Gasteiger partial charge in [0.25, 0.3) is 0 Å². The largest absolute Gasteiger partial charge is 0.469 e. The molecule has 0 bridgehead atoms. The maximum atomic E-state index is 11.4. The van der Waals surface area contributed by atoms with Gasteiger partial charge in [0.05, 0.1) is 17.3 Å². The Labute approximate surface area is 137 Å². The number of hydrogen-bond donors (Lipinski definition) is 0. The SMILES string of the molecule is COC(=O)CCN(Cc1ccccc1)Cc1ccc(Br)s1. The van der Waals surface area contributed by atoms with E-state index in [1.165, 1.54) is 17.6 Å². The summed E-state index contributed by atoms with van der Waals surface area (Å²) in [6.07, 6.45) is 0.413. The Kier molecular flexibility index (Phi) is 6.42. The molecule has 0 spiro atoms. The van der Waals surface area contributed by atoms with Crippen molar-refractivity contribution in [2.45, 2.75) is 19.5 Å². The molecular formula is C16H18BrNO2S. The first-order valence-electron chi connectivity index (χ1n) is 6.74. The molecule has 0 N–H and O–H groups in total. The highest BCUT2D eigenvalue weighted by Crippen LogP contribution is 2.24. The lowest BCUT2D eigenvalue weighted by atomic mass is 10.2. The van der Waals surface area contributed by atoms with Crippen LogP contribution < -0.4 is 0 Å². The van der Waals surface area contributed by atoms with E-state index < -0.39 is 0 Å². The number of esters is 1. The molecule has 112 valence electrons. The molecule has 3 nitrogen and oxygen atoms in total. The molecule has 0 amide bonds. The number of carbonyl (C=O) groups is 1. The highest BCUT2D eigenvalue weighted by atomic mass is 79.9. The van der Waals surface area contributed by atoms with Crippen LogP contribution in [0.4, 0.5) is 0 Å². The zero-order valence-corrected chi connectivity index (χ0v) is 14.3. The van der Waals surface area contributed by atoms with Crippen molar-refractivity contribution in [3.05, 3.63) is 56.7 Å². The molecule has 0 aliphatic heterocycles. The Morgan fingerprint density at radius 2 is 1.95 bits per heavy atom. The molecular weight excluding hydrogens is 350 g/mol. The summed E-state index contributed by atoms with van der Waals surface area (Å²) >= 11 is 5.21. The van der Waals surface area contributed by atoms with Crippen LogP contribution >= 0.6 is 27.3 Å². The summed E-state index contributed by atoms with van der Waals surface area (Å²) < 4.78 is 5.86. The van der Waals surface area contributed by atoms with Gasteiger partial charge in [-0.15, -0.1) is 11.3 Å². The van der Waals surface area contributed by atoms with Crippen molar-refractivity contribution >= 4 is 33.2 Å². The third-order valence-electron chi connectivity index (χ3n) is 3.12. The summed E-state index contributed by atoms with van der Waals surface area (Å²) in [7, 11) is 1.43. The third kappa shape index (κ3) is 5.61. The predicted molar refractivity (Wildman–Crippen MR) is 89.2 cm³/mol. The van der Waals surface area contributed by atoms with Gasteiger partial charge in [0.1, 0.15) is 0 Å². The van der Waals surface area contributed by atoms with Crippen LogP contribution in [0.25, 0.3) is 0 Å². The average Bonchev–Trinajstić information content (AvgIpc) is 2.90. The van der Waals surface area contributed by atoms with Crippen molar-refractivity contribution in [3.63, 3.8) is 0 Å². The maximum absolute atomic E-state index is 11.4. The van der Waals surface area contributed by atoms with E-state index >= 15 is 0 Å². The molecule has 2 aromatic rings. The first-order chi connectivity index (χ1) is 10.2. The lowest BCUT2D eigenvalue weighted by molar-refractivity contribution is -0.141. The van der Waals surface area contributed by atoms with Crippen LogP contribution in [0.1, 0.15) is 16.9 Å². The monoisotopic (exact) mass is 367 g/mol. The Hall–Kier alpha value is -1.17. The molecule has 0 atom stereocenters. The summed E-state index contributed by atoms with van der Waals surface area (Å²) in [5.41, 5.74) is 1.25. The molecule has 5 heteroatoms. The van der Waals surface area contributed by atoms with Crippen molar-refractivity contribution < 1.29 is 9.53 Å². The fraction of sp³-hybridized carbons (Fsp3) is 0.312. The first kappa shape index (κ1) is 16.2. The van der Waals surface area contributed by atoms with Crippen LogP contribution in [0, 0.1) is 0 Å². The standard InChI is InChI=1S/C16H18BrNO2S/c1-20-16(19)9-10-18(11-13-5-3-2-4-6-13)12-14-7-8-15(17)21-14/h2-8H,9-12H2,1H3. The third-order valence-corrected chi connectivity index (χ3v) is 4.73. The van der Waals surface area contributed by atoms with Gasteiger partial charge in [-0.3, -0.25) is 9.69 Å². The van der Waals surface area contributed by atoms with Crippen LogP contribution in [0.2, 0.25) is 0 Å². The minimum Gasteiger partial charge on any atom is -0.469 e. The predicted octanol–water partition coefficient (Wildman–Crippen LogP) is 4.08. The number of benzene rings is 1. The van der Waals surface area contributed by atoms with E-state index in [0.717, 1.165) is 16.9 Å². The van der Waals surface area contributed by atoms with E-state index in [9.17, 15) is 4.79 Å². The highest BCUT2D eigenvalue weighted by molar-refractivity contribution is 9.11. The fourth-order valence-corrected chi connectivity index (χ4v) is 3.59. The number of halogens is 1. The summed E-state index contributed by atoms with van der Waals surface area (Å²) in [4.78, 5) is 14.9.